The van der Waals surface area contributed by atoms with Gasteiger partial charge in [0.25, 0.3) is 5.56 Å². The zero-order valence-corrected chi connectivity index (χ0v) is 14.0. The molecule has 0 aliphatic carbocycles. The molecule has 0 saturated heterocycles. The number of thiophene rings is 1. The van der Waals surface area contributed by atoms with Gasteiger partial charge in [-0.15, -0.1) is 11.3 Å². The number of nitrogens with one attached hydrogen (secondary N) is 1. The lowest BCUT2D eigenvalue weighted by atomic mass is 10.1. The number of hydrogen-bond donors (Lipinski definition) is 1. The lowest BCUT2D eigenvalue weighted by Gasteiger charge is -2.18. The van der Waals surface area contributed by atoms with Gasteiger partial charge < -0.3 is 9.88 Å². The topological polar surface area (TPSA) is 34.0 Å². The summed E-state index contributed by atoms with van der Waals surface area (Å²) in [6.45, 7) is 9.03. The average Bonchev–Trinajstić information content (AvgIpc) is 2.98. The molecule has 1 unspecified atom stereocenters. The summed E-state index contributed by atoms with van der Waals surface area (Å²) in [6.07, 6.45) is 1.06. The molecule has 2 aromatic heterocycles. The van der Waals surface area contributed by atoms with Gasteiger partial charge in [0.15, 0.2) is 0 Å². The second-order valence-electron chi connectivity index (χ2n) is 5.68. The Kier molecular flexibility index (Phi) is 5.37. The van der Waals surface area contributed by atoms with Crippen LogP contribution in [0.3, 0.4) is 0 Å². The van der Waals surface area contributed by atoms with Gasteiger partial charge in [-0.25, -0.2) is 0 Å². The van der Waals surface area contributed by atoms with E-state index in [9.17, 15) is 4.79 Å². The van der Waals surface area contributed by atoms with E-state index in [1.54, 1.807) is 11.3 Å². The van der Waals surface area contributed by atoms with Crippen molar-refractivity contribution in [1.29, 1.82) is 0 Å². The molecule has 0 bridgehead atoms. The van der Waals surface area contributed by atoms with E-state index in [-0.39, 0.29) is 11.6 Å². The lowest BCUT2D eigenvalue weighted by Crippen LogP contribution is -2.32. The van der Waals surface area contributed by atoms with Crippen LogP contribution < -0.4 is 10.9 Å². The fourth-order valence-electron chi connectivity index (χ4n) is 2.30. The number of aromatic nitrogens is 1. The molecule has 21 heavy (non-hydrogen) atoms. The zero-order valence-electron chi connectivity index (χ0n) is 13.2. The maximum atomic E-state index is 12.8. The lowest BCUT2D eigenvalue weighted by molar-refractivity contribution is 0.523. The number of pyridine rings is 1. The van der Waals surface area contributed by atoms with Crippen LogP contribution in [-0.2, 0) is 6.54 Å². The van der Waals surface area contributed by atoms with Crippen LogP contribution in [-0.4, -0.2) is 10.6 Å². The normalized spacial score (nSPS) is 12.8. The fourth-order valence-corrected chi connectivity index (χ4v) is 3.04. The fraction of sp³-hybridized carbons (Fsp3) is 0.471. The van der Waals surface area contributed by atoms with E-state index in [4.69, 9.17) is 0 Å². The van der Waals surface area contributed by atoms with E-state index >= 15 is 0 Å². The monoisotopic (exact) mass is 304 g/mol. The summed E-state index contributed by atoms with van der Waals surface area (Å²) in [6, 6.07) is 8.70. The Balaban J connectivity index is 2.39. The molecule has 0 amide bonds. The van der Waals surface area contributed by atoms with E-state index in [0.717, 1.165) is 22.6 Å². The Morgan fingerprint density at radius 3 is 2.57 bits per heavy atom. The van der Waals surface area contributed by atoms with Crippen LogP contribution in [0.1, 0.15) is 45.7 Å². The quantitative estimate of drug-likeness (QED) is 0.873. The second kappa shape index (κ2) is 7.05. The molecule has 2 heterocycles. The molecule has 0 aliphatic rings. The van der Waals surface area contributed by atoms with Gasteiger partial charge in [-0.2, -0.15) is 0 Å². The minimum atomic E-state index is 0.117. The van der Waals surface area contributed by atoms with Gasteiger partial charge in [0.05, 0.1) is 10.6 Å². The zero-order chi connectivity index (χ0) is 15.4. The molecule has 3 nitrogen and oxygen atoms in total. The first-order chi connectivity index (χ1) is 10.0. The molecule has 0 saturated carbocycles. The molecule has 0 fully saturated rings. The molecule has 2 rings (SSSR count). The SMILES string of the molecule is CCC(C)NCc1ccc(-c2cccs2)n(C(C)C)c1=O. The number of nitrogens with zero attached hydrogens (tertiary/aromatic N) is 1. The van der Waals surface area contributed by atoms with Crippen LogP contribution in [0, 0.1) is 0 Å². The molecular weight excluding hydrogens is 280 g/mol. The van der Waals surface area contributed by atoms with Gasteiger partial charge in [0.2, 0.25) is 0 Å². The van der Waals surface area contributed by atoms with Crippen LogP contribution in [0.15, 0.2) is 34.4 Å². The molecule has 0 aliphatic heterocycles. The summed E-state index contributed by atoms with van der Waals surface area (Å²) in [4.78, 5) is 13.9. The molecule has 0 radical (unpaired) electrons. The van der Waals surface area contributed by atoms with Crippen molar-refractivity contribution < 1.29 is 0 Å². The predicted octanol–water partition coefficient (Wildman–Crippen LogP) is 4.05. The van der Waals surface area contributed by atoms with Gasteiger partial charge in [-0.1, -0.05) is 19.1 Å². The maximum Gasteiger partial charge on any atom is 0.255 e. The Labute approximate surface area is 130 Å². The highest BCUT2D eigenvalue weighted by Crippen LogP contribution is 2.25. The minimum absolute atomic E-state index is 0.117. The molecule has 1 N–H and O–H groups in total. The van der Waals surface area contributed by atoms with E-state index in [2.05, 4.69) is 45.1 Å². The first-order valence-electron chi connectivity index (χ1n) is 7.56. The Morgan fingerprint density at radius 1 is 1.24 bits per heavy atom. The highest BCUT2D eigenvalue weighted by Gasteiger charge is 2.13. The van der Waals surface area contributed by atoms with Crippen molar-refractivity contribution in [2.45, 2.75) is 52.7 Å². The molecule has 1 atom stereocenters. The molecule has 4 heteroatoms. The molecule has 2 aromatic rings. The largest absolute Gasteiger partial charge is 0.310 e. The summed E-state index contributed by atoms with van der Waals surface area (Å²) in [5.41, 5.74) is 1.97. The minimum Gasteiger partial charge on any atom is -0.310 e. The molecule has 0 spiro atoms. The van der Waals surface area contributed by atoms with Crippen LogP contribution in [0.5, 0.6) is 0 Å². The number of rotatable bonds is 6. The van der Waals surface area contributed by atoms with E-state index in [1.807, 2.05) is 22.1 Å². The maximum absolute atomic E-state index is 12.8. The van der Waals surface area contributed by atoms with E-state index in [0.29, 0.717) is 12.6 Å². The highest BCUT2D eigenvalue weighted by atomic mass is 32.1. The molecule has 114 valence electrons. The van der Waals surface area contributed by atoms with Crippen molar-refractivity contribution in [3.8, 4) is 10.6 Å². The van der Waals surface area contributed by atoms with Gasteiger partial charge in [-0.3, -0.25) is 4.79 Å². The third-order valence-corrected chi connectivity index (χ3v) is 4.63. The van der Waals surface area contributed by atoms with Gasteiger partial charge in [0.1, 0.15) is 0 Å². The van der Waals surface area contributed by atoms with Gasteiger partial charge in [-0.05, 0) is 44.7 Å². The van der Waals surface area contributed by atoms with E-state index < -0.39 is 0 Å². The summed E-state index contributed by atoms with van der Waals surface area (Å²) in [5.74, 6) is 0. The van der Waals surface area contributed by atoms with Crippen LogP contribution in [0.25, 0.3) is 10.6 Å². The van der Waals surface area contributed by atoms with Gasteiger partial charge >= 0.3 is 0 Å². The highest BCUT2D eigenvalue weighted by molar-refractivity contribution is 7.13. The van der Waals surface area contributed by atoms with Crippen molar-refractivity contribution in [3.63, 3.8) is 0 Å². The number of hydrogen-bond acceptors (Lipinski definition) is 3. The van der Waals surface area contributed by atoms with Crippen LogP contribution in [0.4, 0.5) is 0 Å². The smallest absolute Gasteiger partial charge is 0.255 e. The first kappa shape index (κ1) is 16.0. The van der Waals surface area contributed by atoms with Crippen molar-refractivity contribution in [1.82, 2.24) is 9.88 Å². The summed E-state index contributed by atoms with van der Waals surface area (Å²) >= 11 is 1.67. The van der Waals surface area contributed by atoms with Crippen LogP contribution >= 0.6 is 11.3 Å². The first-order valence-corrected chi connectivity index (χ1v) is 8.44. The summed E-state index contributed by atoms with van der Waals surface area (Å²) in [5, 5.41) is 5.44. The summed E-state index contributed by atoms with van der Waals surface area (Å²) < 4.78 is 1.90. The third kappa shape index (κ3) is 3.63. The second-order valence-corrected chi connectivity index (χ2v) is 6.63. The molecule has 0 aromatic carbocycles. The molecular formula is C17H24N2OS. The van der Waals surface area contributed by atoms with Gasteiger partial charge in [0, 0.05) is 24.2 Å². The van der Waals surface area contributed by atoms with E-state index in [1.165, 1.54) is 0 Å². The van der Waals surface area contributed by atoms with Crippen LogP contribution in [0.2, 0.25) is 0 Å². The van der Waals surface area contributed by atoms with Crippen molar-refractivity contribution >= 4 is 11.3 Å². The standard InChI is InChI=1S/C17H24N2OS/c1-5-13(4)18-11-14-8-9-15(16-7-6-10-21-16)19(12(2)3)17(14)20/h6-10,12-13,18H,5,11H2,1-4H3. The predicted molar refractivity (Wildman–Crippen MR) is 91.0 cm³/mol. The van der Waals surface area contributed by atoms with Crippen molar-refractivity contribution in [2.75, 3.05) is 0 Å². The average molecular weight is 304 g/mol. The Bertz CT molecular complexity index is 629. The summed E-state index contributed by atoms with van der Waals surface area (Å²) in [7, 11) is 0. The Hall–Kier alpha value is -1.39. The van der Waals surface area contributed by atoms with Crippen molar-refractivity contribution in [2.24, 2.45) is 0 Å². The van der Waals surface area contributed by atoms with Crippen molar-refractivity contribution in [3.05, 3.63) is 45.6 Å². The Morgan fingerprint density at radius 2 is 2.00 bits per heavy atom. The third-order valence-electron chi connectivity index (χ3n) is 3.74.